The third-order valence-electron chi connectivity index (χ3n) is 4.88. The molecule has 0 radical (unpaired) electrons. The first-order valence-corrected chi connectivity index (χ1v) is 8.08. The van der Waals surface area contributed by atoms with Gasteiger partial charge in [0.1, 0.15) is 6.10 Å². The standard InChI is InChI=1S/C16H29NO2/c1-3-7-16(8-10-17-11-9-16)15(18)19-14-6-4-5-13(2)12-14/h13-14,17H,3-12H2,1-2H3. The van der Waals surface area contributed by atoms with Crippen molar-refractivity contribution in [3.05, 3.63) is 0 Å². The van der Waals surface area contributed by atoms with Crippen molar-refractivity contribution >= 4 is 5.97 Å². The van der Waals surface area contributed by atoms with Crippen molar-refractivity contribution in [3.8, 4) is 0 Å². The van der Waals surface area contributed by atoms with Crippen LogP contribution in [0.1, 0.15) is 65.2 Å². The van der Waals surface area contributed by atoms with Crippen LogP contribution in [0.5, 0.6) is 0 Å². The third-order valence-corrected chi connectivity index (χ3v) is 4.88. The van der Waals surface area contributed by atoms with Crippen LogP contribution in [0.25, 0.3) is 0 Å². The van der Waals surface area contributed by atoms with E-state index in [0.717, 1.165) is 51.6 Å². The number of hydrogen-bond acceptors (Lipinski definition) is 3. The van der Waals surface area contributed by atoms with Crippen LogP contribution < -0.4 is 5.32 Å². The maximum atomic E-state index is 12.6. The van der Waals surface area contributed by atoms with Gasteiger partial charge in [-0.05, 0) is 57.5 Å². The summed E-state index contributed by atoms with van der Waals surface area (Å²) in [6, 6.07) is 0. The van der Waals surface area contributed by atoms with E-state index in [0.29, 0.717) is 5.92 Å². The van der Waals surface area contributed by atoms with Crippen molar-refractivity contribution in [2.24, 2.45) is 11.3 Å². The minimum absolute atomic E-state index is 0.0925. The van der Waals surface area contributed by atoms with E-state index in [1.54, 1.807) is 0 Å². The molecule has 2 atom stereocenters. The topological polar surface area (TPSA) is 38.3 Å². The van der Waals surface area contributed by atoms with E-state index >= 15 is 0 Å². The summed E-state index contributed by atoms with van der Waals surface area (Å²) in [5.41, 5.74) is -0.194. The smallest absolute Gasteiger partial charge is 0.312 e. The lowest BCUT2D eigenvalue weighted by atomic mass is 9.75. The molecule has 2 fully saturated rings. The molecule has 2 unspecified atom stereocenters. The fourth-order valence-corrected chi connectivity index (χ4v) is 3.70. The lowest BCUT2D eigenvalue weighted by Gasteiger charge is -2.37. The molecular weight excluding hydrogens is 238 g/mol. The van der Waals surface area contributed by atoms with Crippen LogP contribution in [0.3, 0.4) is 0 Å². The average Bonchev–Trinajstić information content (AvgIpc) is 2.40. The number of piperidine rings is 1. The molecular formula is C16H29NO2. The van der Waals surface area contributed by atoms with Gasteiger partial charge >= 0.3 is 5.97 Å². The first-order valence-electron chi connectivity index (χ1n) is 8.08. The molecule has 1 saturated carbocycles. The molecule has 19 heavy (non-hydrogen) atoms. The molecule has 3 nitrogen and oxygen atoms in total. The van der Waals surface area contributed by atoms with Gasteiger partial charge in [-0.1, -0.05) is 26.7 Å². The Morgan fingerprint density at radius 1 is 1.32 bits per heavy atom. The molecule has 3 heteroatoms. The van der Waals surface area contributed by atoms with Crippen LogP contribution in [0.2, 0.25) is 0 Å². The quantitative estimate of drug-likeness (QED) is 0.794. The molecule has 0 bridgehead atoms. The summed E-state index contributed by atoms with van der Waals surface area (Å²) in [4.78, 5) is 12.6. The number of esters is 1. The minimum Gasteiger partial charge on any atom is -0.462 e. The zero-order chi connectivity index (χ0) is 13.7. The van der Waals surface area contributed by atoms with Crippen molar-refractivity contribution < 1.29 is 9.53 Å². The van der Waals surface area contributed by atoms with Crippen molar-refractivity contribution in [1.82, 2.24) is 5.32 Å². The van der Waals surface area contributed by atoms with Gasteiger partial charge in [-0.15, -0.1) is 0 Å². The second-order valence-electron chi connectivity index (χ2n) is 6.58. The summed E-state index contributed by atoms with van der Waals surface area (Å²) < 4.78 is 5.89. The Balaban J connectivity index is 1.95. The van der Waals surface area contributed by atoms with E-state index in [4.69, 9.17) is 4.74 Å². The van der Waals surface area contributed by atoms with Gasteiger partial charge in [0.25, 0.3) is 0 Å². The average molecular weight is 267 g/mol. The SMILES string of the molecule is CCCC1(C(=O)OC2CCCC(C)C2)CCNCC1. The Hall–Kier alpha value is -0.570. The van der Waals surface area contributed by atoms with Crippen molar-refractivity contribution in [3.63, 3.8) is 0 Å². The predicted octanol–water partition coefficient (Wildman–Crippen LogP) is 3.28. The van der Waals surface area contributed by atoms with E-state index in [1.807, 2.05) is 0 Å². The molecule has 0 aromatic carbocycles. The van der Waals surface area contributed by atoms with Gasteiger partial charge < -0.3 is 10.1 Å². The normalized spacial score (nSPS) is 30.8. The van der Waals surface area contributed by atoms with Crippen molar-refractivity contribution in [2.75, 3.05) is 13.1 Å². The molecule has 0 aromatic heterocycles. The Bertz CT molecular complexity index is 292. The number of rotatable bonds is 4. The maximum Gasteiger partial charge on any atom is 0.312 e. The minimum atomic E-state index is -0.194. The maximum absolute atomic E-state index is 12.6. The van der Waals surface area contributed by atoms with E-state index in [9.17, 15) is 4.79 Å². The number of carbonyl (C=O) groups is 1. The highest BCUT2D eigenvalue weighted by molar-refractivity contribution is 5.77. The van der Waals surface area contributed by atoms with Gasteiger partial charge in [0.15, 0.2) is 0 Å². The number of ether oxygens (including phenoxy) is 1. The summed E-state index contributed by atoms with van der Waals surface area (Å²) in [6.07, 6.45) is 8.75. The second-order valence-corrected chi connectivity index (χ2v) is 6.58. The second kappa shape index (κ2) is 6.74. The molecule has 0 amide bonds. The number of nitrogens with one attached hydrogen (secondary N) is 1. The Labute approximate surface area is 117 Å². The molecule has 1 aliphatic carbocycles. The van der Waals surface area contributed by atoms with Crippen LogP contribution >= 0.6 is 0 Å². The highest BCUT2D eigenvalue weighted by Gasteiger charge is 2.41. The van der Waals surface area contributed by atoms with Gasteiger partial charge in [-0.25, -0.2) is 0 Å². The molecule has 1 N–H and O–H groups in total. The zero-order valence-corrected chi connectivity index (χ0v) is 12.5. The van der Waals surface area contributed by atoms with Gasteiger partial charge in [-0.2, -0.15) is 0 Å². The molecule has 1 saturated heterocycles. The highest BCUT2D eigenvalue weighted by Crippen LogP contribution is 2.37. The van der Waals surface area contributed by atoms with Gasteiger partial charge in [0.05, 0.1) is 5.41 Å². The lowest BCUT2D eigenvalue weighted by molar-refractivity contribution is -0.166. The summed E-state index contributed by atoms with van der Waals surface area (Å²) >= 11 is 0. The van der Waals surface area contributed by atoms with Crippen LogP contribution in [0.15, 0.2) is 0 Å². The molecule has 0 spiro atoms. The predicted molar refractivity (Wildman–Crippen MR) is 77.0 cm³/mol. The van der Waals surface area contributed by atoms with Crippen molar-refractivity contribution in [2.45, 2.75) is 71.3 Å². The van der Waals surface area contributed by atoms with Crippen LogP contribution in [-0.4, -0.2) is 25.2 Å². The molecule has 0 aromatic rings. The highest BCUT2D eigenvalue weighted by atomic mass is 16.5. The molecule has 2 rings (SSSR count). The lowest BCUT2D eigenvalue weighted by Crippen LogP contribution is -2.44. The summed E-state index contributed by atoms with van der Waals surface area (Å²) in [7, 11) is 0. The van der Waals surface area contributed by atoms with Crippen LogP contribution in [0, 0.1) is 11.3 Å². The first kappa shape index (κ1) is 14.8. The summed E-state index contributed by atoms with van der Waals surface area (Å²) in [5.74, 6) is 0.802. The van der Waals surface area contributed by atoms with Gasteiger partial charge in [-0.3, -0.25) is 4.79 Å². The van der Waals surface area contributed by atoms with E-state index in [1.165, 1.54) is 12.8 Å². The Kier molecular flexibility index (Phi) is 5.26. The summed E-state index contributed by atoms with van der Waals surface area (Å²) in [5, 5.41) is 3.36. The molecule has 110 valence electrons. The fraction of sp³-hybridized carbons (Fsp3) is 0.938. The van der Waals surface area contributed by atoms with Crippen LogP contribution in [0.4, 0.5) is 0 Å². The number of hydrogen-bond donors (Lipinski definition) is 1. The van der Waals surface area contributed by atoms with Gasteiger partial charge in [0.2, 0.25) is 0 Å². The van der Waals surface area contributed by atoms with E-state index in [2.05, 4.69) is 19.2 Å². The number of carbonyl (C=O) groups excluding carboxylic acids is 1. The van der Waals surface area contributed by atoms with Crippen LogP contribution in [-0.2, 0) is 9.53 Å². The summed E-state index contributed by atoms with van der Waals surface area (Å²) in [6.45, 7) is 6.35. The largest absolute Gasteiger partial charge is 0.462 e. The van der Waals surface area contributed by atoms with Crippen molar-refractivity contribution in [1.29, 1.82) is 0 Å². The fourth-order valence-electron chi connectivity index (χ4n) is 3.70. The zero-order valence-electron chi connectivity index (χ0n) is 12.5. The van der Waals surface area contributed by atoms with E-state index in [-0.39, 0.29) is 17.5 Å². The monoisotopic (exact) mass is 267 g/mol. The van der Waals surface area contributed by atoms with Gasteiger partial charge in [0, 0.05) is 0 Å². The van der Waals surface area contributed by atoms with E-state index < -0.39 is 0 Å². The first-order chi connectivity index (χ1) is 9.16. The molecule has 1 aliphatic heterocycles. The molecule has 1 heterocycles. The Morgan fingerprint density at radius 2 is 2.05 bits per heavy atom. The molecule has 2 aliphatic rings. The third kappa shape index (κ3) is 3.71. The Morgan fingerprint density at radius 3 is 2.68 bits per heavy atom.